The molecule has 0 aliphatic heterocycles. The lowest BCUT2D eigenvalue weighted by Gasteiger charge is -2.13. The molecule has 1 amide bonds. The number of esters is 1. The second-order valence-corrected chi connectivity index (χ2v) is 3.63. The number of ether oxygens (including phenoxy) is 1. The summed E-state index contributed by atoms with van der Waals surface area (Å²) in [6.45, 7) is 6.22. The van der Waals surface area contributed by atoms with Gasteiger partial charge in [0.2, 0.25) is 6.41 Å². The van der Waals surface area contributed by atoms with Crippen molar-refractivity contribution in [1.29, 1.82) is 0 Å². The van der Waals surface area contributed by atoms with Crippen LogP contribution < -0.4 is 5.32 Å². The molecule has 0 aromatic heterocycles. The summed E-state index contributed by atoms with van der Waals surface area (Å²) < 4.78 is 4.73. The fraction of sp³-hybridized carbons (Fsp3) is 0.636. The third-order valence-electron chi connectivity index (χ3n) is 1.76. The molecule has 0 radical (unpaired) electrons. The van der Waals surface area contributed by atoms with Gasteiger partial charge >= 0.3 is 5.97 Å². The Labute approximate surface area is 90.7 Å². The van der Waals surface area contributed by atoms with E-state index >= 15 is 0 Å². The third-order valence-corrected chi connectivity index (χ3v) is 1.76. The summed E-state index contributed by atoms with van der Waals surface area (Å²) in [5.41, 5.74) is 0. The molecule has 0 rings (SSSR count). The van der Waals surface area contributed by atoms with E-state index in [0.717, 1.165) is 6.42 Å². The Morgan fingerprint density at radius 2 is 2.13 bits per heavy atom. The van der Waals surface area contributed by atoms with Gasteiger partial charge in [0.15, 0.2) is 0 Å². The van der Waals surface area contributed by atoms with Crippen LogP contribution in [0.3, 0.4) is 0 Å². The summed E-state index contributed by atoms with van der Waals surface area (Å²) in [6, 6.07) is -0.105. The summed E-state index contributed by atoms with van der Waals surface area (Å²) in [5.74, 6) is 0.0771. The van der Waals surface area contributed by atoms with Crippen LogP contribution in [0, 0.1) is 5.92 Å². The van der Waals surface area contributed by atoms with Crippen LogP contribution in [0.2, 0.25) is 0 Å². The first-order valence-electron chi connectivity index (χ1n) is 5.14. The normalized spacial score (nSPS) is 12.8. The molecule has 1 unspecified atom stereocenters. The molecule has 0 fully saturated rings. The van der Waals surface area contributed by atoms with E-state index in [-0.39, 0.29) is 12.0 Å². The molecule has 15 heavy (non-hydrogen) atoms. The Balaban J connectivity index is 4.13. The summed E-state index contributed by atoms with van der Waals surface area (Å²) in [6.07, 6.45) is 4.45. The summed E-state index contributed by atoms with van der Waals surface area (Å²) in [7, 11) is 0. The number of carbonyl (C=O) groups excluding carboxylic acids is 2. The van der Waals surface area contributed by atoms with Gasteiger partial charge in [-0.05, 0) is 19.3 Å². The van der Waals surface area contributed by atoms with Gasteiger partial charge in [-0.1, -0.05) is 19.9 Å². The van der Waals surface area contributed by atoms with Crippen molar-refractivity contribution in [3.8, 4) is 0 Å². The van der Waals surface area contributed by atoms with Crippen molar-refractivity contribution in [2.75, 3.05) is 6.61 Å². The molecule has 0 saturated heterocycles. The molecule has 0 bridgehead atoms. The van der Waals surface area contributed by atoms with Crippen LogP contribution in [0.5, 0.6) is 0 Å². The number of nitrogens with one attached hydrogen (secondary N) is 1. The molecule has 0 saturated carbocycles. The highest BCUT2D eigenvalue weighted by Crippen LogP contribution is 2.05. The molecule has 0 heterocycles. The number of hydrogen-bond acceptors (Lipinski definition) is 3. The van der Waals surface area contributed by atoms with Gasteiger partial charge in [-0.25, -0.2) is 4.79 Å². The minimum Gasteiger partial charge on any atom is -0.463 e. The maximum absolute atomic E-state index is 11.0. The minimum absolute atomic E-state index is 0.105. The first kappa shape index (κ1) is 13.7. The van der Waals surface area contributed by atoms with Gasteiger partial charge in [0, 0.05) is 12.1 Å². The Hall–Kier alpha value is -1.32. The molecule has 1 atom stereocenters. The first-order chi connectivity index (χ1) is 7.10. The van der Waals surface area contributed by atoms with Crippen LogP contribution in [-0.2, 0) is 14.3 Å². The Bertz CT molecular complexity index is 224. The summed E-state index contributed by atoms with van der Waals surface area (Å²) >= 11 is 0. The molecule has 4 heteroatoms. The molecule has 86 valence electrons. The molecule has 0 aliphatic rings. The van der Waals surface area contributed by atoms with Crippen molar-refractivity contribution < 1.29 is 14.3 Å². The van der Waals surface area contributed by atoms with Gasteiger partial charge < -0.3 is 10.1 Å². The highest BCUT2D eigenvalue weighted by atomic mass is 16.5. The quantitative estimate of drug-likeness (QED) is 0.393. The molecule has 0 aliphatic carbocycles. The zero-order valence-electron chi connectivity index (χ0n) is 9.53. The van der Waals surface area contributed by atoms with Crippen molar-refractivity contribution in [3.05, 3.63) is 12.2 Å². The van der Waals surface area contributed by atoms with Gasteiger partial charge in [-0.3, -0.25) is 4.79 Å². The van der Waals surface area contributed by atoms with Crippen LogP contribution in [0.25, 0.3) is 0 Å². The van der Waals surface area contributed by atoms with E-state index < -0.39 is 0 Å². The van der Waals surface area contributed by atoms with Gasteiger partial charge in [-0.15, -0.1) is 0 Å². The lowest BCUT2D eigenvalue weighted by molar-refractivity contribution is -0.137. The predicted molar refractivity (Wildman–Crippen MR) is 58.2 cm³/mol. The summed E-state index contributed by atoms with van der Waals surface area (Å²) in [5, 5.41) is 2.64. The zero-order chi connectivity index (χ0) is 11.7. The number of hydrogen-bond donors (Lipinski definition) is 1. The minimum atomic E-state index is -0.376. The van der Waals surface area contributed by atoms with E-state index in [4.69, 9.17) is 4.74 Å². The lowest BCUT2D eigenvalue weighted by atomic mass is 10.0. The average molecular weight is 213 g/mol. The zero-order valence-corrected chi connectivity index (χ0v) is 9.53. The van der Waals surface area contributed by atoms with Crippen molar-refractivity contribution in [1.82, 2.24) is 5.32 Å². The monoisotopic (exact) mass is 213 g/mol. The van der Waals surface area contributed by atoms with Crippen LogP contribution in [0.4, 0.5) is 0 Å². The topological polar surface area (TPSA) is 55.4 Å². The van der Waals surface area contributed by atoms with Gasteiger partial charge in [0.05, 0.1) is 6.61 Å². The van der Waals surface area contributed by atoms with Crippen molar-refractivity contribution in [2.24, 2.45) is 5.92 Å². The largest absolute Gasteiger partial charge is 0.463 e. The number of carbonyl (C=O) groups is 2. The van der Waals surface area contributed by atoms with Gasteiger partial charge in [-0.2, -0.15) is 0 Å². The van der Waals surface area contributed by atoms with E-state index in [0.29, 0.717) is 18.9 Å². The molecular formula is C11H19NO3. The van der Waals surface area contributed by atoms with Gasteiger partial charge in [0.25, 0.3) is 0 Å². The maximum Gasteiger partial charge on any atom is 0.330 e. The number of amides is 1. The molecular weight excluding hydrogens is 194 g/mol. The highest BCUT2D eigenvalue weighted by Gasteiger charge is 2.06. The third kappa shape index (κ3) is 7.73. The lowest BCUT2D eigenvalue weighted by Crippen LogP contribution is -2.27. The van der Waals surface area contributed by atoms with Crippen LogP contribution >= 0.6 is 0 Å². The van der Waals surface area contributed by atoms with E-state index in [1.807, 2.05) is 0 Å². The number of rotatable bonds is 7. The van der Waals surface area contributed by atoms with Gasteiger partial charge in [0.1, 0.15) is 0 Å². The maximum atomic E-state index is 11.0. The van der Waals surface area contributed by atoms with Crippen LogP contribution in [0.1, 0.15) is 27.2 Å². The van der Waals surface area contributed by atoms with E-state index in [2.05, 4.69) is 19.2 Å². The van der Waals surface area contributed by atoms with Crippen molar-refractivity contribution in [2.45, 2.75) is 33.2 Å². The fourth-order valence-electron chi connectivity index (χ4n) is 1.18. The smallest absolute Gasteiger partial charge is 0.330 e. The van der Waals surface area contributed by atoms with Crippen LogP contribution in [0.15, 0.2) is 12.2 Å². The second-order valence-electron chi connectivity index (χ2n) is 3.63. The summed E-state index contributed by atoms with van der Waals surface area (Å²) in [4.78, 5) is 21.3. The van der Waals surface area contributed by atoms with Crippen LogP contribution in [-0.4, -0.2) is 25.0 Å². The van der Waals surface area contributed by atoms with Crippen molar-refractivity contribution in [3.63, 3.8) is 0 Å². The van der Waals surface area contributed by atoms with Crippen molar-refractivity contribution >= 4 is 12.4 Å². The Morgan fingerprint density at radius 3 is 2.60 bits per heavy atom. The highest BCUT2D eigenvalue weighted by molar-refractivity contribution is 5.82. The second kappa shape index (κ2) is 8.03. The molecule has 0 aromatic rings. The van der Waals surface area contributed by atoms with E-state index in [1.165, 1.54) is 6.08 Å². The molecule has 0 aromatic carbocycles. The standard InChI is InChI=1S/C11H19NO3/c1-4-15-11(14)6-5-10(12-8-13)7-9(2)3/h5-6,8-10H,4,7H2,1-3H3,(H,12,13)/b6-5+. The Kier molecular flexibility index (Phi) is 7.32. The first-order valence-corrected chi connectivity index (χ1v) is 5.14. The molecule has 4 nitrogen and oxygen atoms in total. The molecule has 1 N–H and O–H groups in total. The Morgan fingerprint density at radius 1 is 1.47 bits per heavy atom. The van der Waals surface area contributed by atoms with E-state index in [9.17, 15) is 9.59 Å². The molecule has 0 spiro atoms. The average Bonchev–Trinajstić information content (AvgIpc) is 2.14. The SMILES string of the molecule is CCOC(=O)/C=C/C(CC(C)C)NC=O. The fourth-order valence-corrected chi connectivity index (χ4v) is 1.18. The predicted octanol–water partition coefficient (Wildman–Crippen LogP) is 1.27. The van der Waals surface area contributed by atoms with E-state index in [1.54, 1.807) is 13.0 Å².